The lowest BCUT2D eigenvalue weighted by molar-refractivity contribution is 0.0696. The summed E-state index contributed by atoms with van der Waals surface area (Å²) in [5.74, 6) is -0.188. The number of hydrogen-bond acceptors (Lipinski definition) is 3. The van der Waals surface area contributed by atoms with Crippen LogP contribution in [0.15, 0.2) is 42.0 Å². The molecule has 2 aromatic carbocycles. The summed E-state index contributed by atoms with van der Waals surface area (Å²) < 4.78 is 5.75. The molecule has 6 heteroatoms. The largest absolute Gasteiger partial charge is 0.496 e. The Hall–Kier alpha value is -3.28. The second-order valence-corrected chi connectivity index (χ2v) is 10.2. The minimum absolute atomic E-state index is 0.125. The maximum atomic E-state index is 12.0. The summed E-state index contributed by atoms with van der Waals surface area (Å²) in [5, 5.41) is 19.2. The first-order valence-electron chi connectivity index (χ1n) is 12.2. The molecule has 0 aromatic heterocycles. The monoisotopic (exact) mass is 479 g/mol. The molecule has 1 aliphatic carbocycles. The van der Waals surface area contributed by atoms with Crippen LogP contribution in [-0.4, -0.2) is 46.9 Å². The molecule has 6 nitrogen and oxygen atoms in total. The van der Waals surface area contributed by atoms with Gasteiger partial charge in [-0.05, 0) is 97.6 Å². The fraction of sp³-hybridized carbons (Fsp3) is 0.448. The SMILES string of the molecule is CCC1(C)CCC(c2cc(-c3ccc(C(=O)O)cc3C)ccc2OC)=C(CN(C(=O)O)C(C)C)C1. The summed E-state index contributed by atoms with van der Waals surface area (Å²) in [4.78, 5) is 24.9. The molecule has 0 saturated heterocycles. The van der Waals surface area contributed by atoms with Crippen molar-refractivity contribution in [2.75, 3.05) is 13.7 Å². The predicted molar refractivity (Wildman–Crippen MR) is 139 cm³/mol. The van der Waals surface area contributed by atoms with Gasteiger partial charge in [-0.1, -0.05) is 32.4 Å². The normalized spacial score (nSPS) is 18.0. The Labute approximate surface area is 208 Å². The molecule has 0 bridgehead atoms. The highest BCUT2D eigenvalue weighted by atomic mass is 16.5. The number of carboxylic acids is 1. The van der Waals surface area contributed by atoms with Gasteiger partial charge in [0.2, 0.25) is 0 Å². The van der Waals surface area contributed by atoms with E-state index in [0.29, 0.717) is 6.54 Å². The predicted octanol–water partition coefficient (Wildman–Crippen LogP) is 7.11. The molecular weight excluding hydrogens is 442 g/mol. The van der Waals surface area contributed by atoms with Crippen LogP contribution in [0.2, 0.25) is 0 Å². The van der Waals surface area contributed by atoms with Crippen molar-refractivity contribution in [1.82, 2.24) is 4.90 Å². The zero-order valence-corrected chi connectivity index (χ0v) is 21.6. The third kappa shape index (κ3) is 5.69. The smallest absolute Gasteiger partial charge is 0.407 e. The number of allylic oxidation sites excluding steroid dienone is 1. The van der Waals surface area contributed by atoms with Gasteiger partial charge in [0.1, 0.15) is 5.75 Å². The Morgan fingerprint density at radius 2 is 1.83 bits per heavy atom. The Balaban J connectivity index is 2.16. The summed E-state index contributed by atoms with van der Waals surface area (Å²) in [7, 11) is 1.66. The highest BCUT2D eigenvalue weighted by Gasteiger charge is 2.33. The molecule has 0 spiro atoms. The highest BCUT2D eigenvalue weighted by Crippen LogP contribution is 2.47. The van der Waals surface area contributed by atoms with Gasteiger partial charge in [-0.15, -0.1) is 0 Å². The summed E-state index contributed by atoms with van der Waals surface area (Å²) >= 11 is 0. The minimum atomic E-state index is -0.945. The van der Waals surface area contributed by atoms with Crippen molar-refractivity contribution in [3.05, 3.63) is 58.7 Å². The maximum absolute atomic E-state index is 12.0. The third-order valence-electron chi connectivity index (χ3n) is 7.44. The van der Waals surface area contributed by atoms with Crippen LogP contribution in [-0.2, 0) is 0 Å². The Kier molecular flexibility index (Phi) is 7.93. The van der Waals surface area contributed by atoms with E-state index in [2.05, 4.69) is 19.9 Å². The number of hydrogen-bond donors (Lipinski definition) is 2. The number of methoxy groups -OCH3 is 1. The molecular formula is C29H37NO5. The fourth-order valence-corrected chi connectivity index (χ4v) is 5.00. The lowest BCUT2D eigenvalue weighted by Crippen LogP contribution is -2.38. The molecule has 1 amide bonds. The lowest BCUT2D eigenvalue weighted by atomic mass is 9.70. The van der Waals surface area contributed by atoms with Crippen LogP contribution in [0, 0.1) is 12.3 Å². The van der Waals surface area contributed by atoms with E-state index in [0.717, 1.165) is 64.8 Å². The third-order valence-corrected chi connectivity index (χ3v) is 7.44. The molecule has 188 valence electrons. The molecule has 0 saturated carbocycles. The van der Waals surface area contributed by atoms with E-state index in [-0.39, 0.29) is 17.0 Å². The van der Waals surface area contributed by atoms with Crippen LogP contribution < -0.4 is 4.74 Å². The van der Waals surface area contributed by atoms with Crippen molar-refractivity contribution >= 4 is 17.6 Å². The average Bonchev–Trinajstić information content (AvgIpc) is 2.81. The second kappa shape index (κ2) is 10.5. The Bertz CT molecular complexity index is 1150. The van der Waals surface area contributed by atoms with Crippen molar-refractivity contribution in [2.24, 2.45) is 5.41 Å². The molecule has 1 unspecified atom stereocenters. The molecule has 1 atom stereocenters. The van der Waals surface area contributed by atoms with E-state index in [1.165, 1.54) is 4.90 Å². The highest BCUT2D eigenvalue weighted by molar-refractivity contribution is 5.89. The van der Waals surface area contributed by atoms with Gasteiger partial charge in [0.15, 0.2) is 0 Å². The molecule has 1 aliphatic rings. The van der Waals surface area contributed by atoms with Gasteiger partial charge in [0.05, 0.1) is 12.7 Å². The molecule has 0 radical (unpaired) electrons. The van der Waals surface area contributed by atoms with Crippen LogP contribution >= 0.6 is 0 Å². The van der Waals surface area contributed by atoms with Gasteiger partial charge in [-0.3, -0.25) is 0 Å². The summed E-state index contributed by atoms with van der Waals surface area (Å²) in [6.07, 6.45) is 2.84. The number of amides is 1. The van der Waals surface area contributed by atoms with E-state index in [1.54, 1.807) is 19.2 Å². The lowest BCUT2D eigenvalue weighted by Gasteiger charge is -2.38. The summed E-state index contributed by atoms with van der Waals surface area (Å²) in [6.45, 7) is 10.6. The number of nitrogens with zero attached hydrogens (tertiary/aromatic N) is 1. The van der Waals surface area contributed by atoms with E-state index in [9.17, 15) is 19.8 Å². The van der Waals surface area contributed by atoms with Gasteiger partial charge in [0, 0.05) is 18.2 Å². The number of ether oxygens (including phenoxy) is 1. The van der Waals surface area contributed by atoms with Gasteiger partial charge >= 0.3 is 12.1 Å². The van der Waals surface area contributed by atoms with Crippen LogP contribution in [0.3, 0.4) is 0 Å². The van der Waals surface area contributed by atoms with Crippen molar-refractivity contribution < 1.29 is 24.5 Å². The standard InChI is InChI=1S/C29H37NO5/c1-7-29(5)13-12-24(22(16-29)17-30(18(2)3)28(33)34)25-15-20(9-11-26(25)35-6)23-10-8-21(27(31)32)14-19(23)4/h8-11,14-15,18H,7,12-13,16-17H2,1-6H3,(H,31,32)(H,33,34). The van der Waals surface area contributed by atoms with E-state index < -0.39 is 12.1 Å². The molecule has 2 aromatic rings. The van der Waals surface area contributed by atoms with E-state index in [1.807, 2.05) is 39.0 Å². The van der Waals surface area contributed by atoms with Crippen LogP contribution in [0.25, 0.3) is 16.7 Å². The van der Waals surface area contributed by atoms with Crippen molar-refractivity contribution in [1.29, 1.82) is 0 Å². The van der Waals surface area contributed by atoms with Gasteiger partial charge in [-0.25, -0.2) is 9.59 Å². The summed E-state index contributed by atoms with van der Waals surface area (Å²) in [5.41, 5.74) is 6.50. The zero-order chi connectivity index (χ0) is 25.9. The molecule has 35 heavy (non-hydrogen) atoms. The van der Waals surface area contributed by atoms with Gasteiger partial charge < -0.3 is 19.8 Å². The number of aryl methyl sites for hydroxylation is 1. The van der Waals surface area contributed by atoms with Gasteiger partial charge in [-0.2, -0.15) is 0 Å². The fourth-order valence-electron chi connectivity index (χ4n) is 5.00. The number of carbonyl (C=O) groups is 2. The second-order valence-electron chi connectivity index (χ2n) is 10.2. The topological polar surface area (TPSA) is 87.1 Å². The number of carboxylic acid groups (broad SMARTS) is 2. The Morgan fingerprint density at radius 3 is 2.37 bits per heavy atom. The van der Waals surface area contributed by atoms with E-state index in [4.69, 9.17) is 4.74 Å². The first-order chi connectivity index (χ1) is 16.5. The Morgan fingerprint density at radius 1 is 1.11 bits per heavy atom. The number of rotatable bonds is 8. The van der Waals surface area contributed by atoms with Crippen molar-refractivity contribution in [2.45, 2.75) is 66.3 Å². The maximum Gasteiger partial charge on any atom is 0.407 e. The quantitative estimate of drug-likeness (QED) is 0.421. The van der Waals surface area contributed by atoms with Crippen LogP contribution in [0.1, 0.15) is 74.9 Å². The molecule has 2 N–H and O–H groups in total. The number of aromatic carboxylic acids is 1. The van der Waals surface area contributed by atoms with Gasteiger partial charge in [0.25, 0.3) is 0 Å². The molecule has 3 rings (SSSR count). The molecule has 0 fully saturated rings. The number of benzene rings is 2. The zero-order valence-electron chi connectivity index (χ0n) is 21.6. The average molecular weight is 480 g/mol. The summed E-state index contributed by atoms with van der Waals surface area (Å²) in [6, 6.07) is 11.1. The van der Waals surface area contributed by atoms with Crippen LogP contribution in [0.4, 0.5) is 4.79 Å². The first kappa shape index (κ1) is 26.3. The van der Waals surface area contributed by atoms with E-state index >= 15 is 0 Å². The van der Waals surface area contributed by atoms with Crippen molar-refractivity contribution in [3.8, 4) is 16.9 Å². The van der Waals surface area contributed by atoms with Crippen molar-refractivity contribution in [3.63, 3.8) is 0 Å². The first-order valence-corrected chi connectivity index (χ1v) is 12.2. The minimum Gasteiger partial charge on any atom is -0.496 e. The van der Waals surface area contributed by atoms with Crippen LogP contribution in [0.5, 0.6) is 5.75 Å². The molecule has 0 aliphatic heterocycles. The molecule has 0 heterocycles.